The largest absolute Gasteiger partial charge is 0.443 e. The maximum Gasteiger partial charge on any atom is 0.420 e. The molecule has 5 nitrogen and oxygen atoms in total. The summed E-state index contributed by atoms with van der Waals surface area (Å²) in [5.74, 6) is 0. The molecule has 1 aromatic rings. The summed E-state index contributed by atoms with van der Waals surface area (Å²) in [7, 11) is 0. The molecular formula is C17H21NO4. The van der Waals surface area contributed by atoms with E-state index in [1.165, 1.54) is 6.08 Å². The average molecular weight is 303 g/mol. The number of nitrogens with zero attached hydrogens (tertiary/aromatic N) is 1. The first kappa shape index (κ1) is 16.1. The van der Waals surface area contributed by atoms with Crippen molar-refractivity contribution in [3.8, 4) is 0 Å². The summed E-state index contributed by atoms with van der Waals surface area (Å²) in [6, 6.07) is 9.16. The molecule has 1 aromatic carbocycles. The van der Waals surface area contributed by atoms with Crippen LogP contribution in [-0.4, -0.2) is 34.8 Å². The molecule has 0 saturated carbocycles. The van der Waals surface area contributed by atoms with Gasteiger partial charge in [0, 0.05) is 0 Å². The molecule has 2 amide bonds. The molecule has 1 fully saturated rings. The Labute approximate surface area is 130 Å². The topological polar surface area (TPSA) is 55.8 Å². The fourth-order valence-corrected chi connectivity index (χ4v) is 2.32. The minimum atomic E-state index is -0.694. The van der Waals surface area contributed by atoms with Gasteiger partial charge in [-0.2, -0.15) is 0 Å². The first-order chi connectivity index (χ1) is 10.3. The summed E-state index contributed by atoms with van der Waals surface area (Å²) < 4.78 is 10.5. The van der Waals surface area contributed by atoms with Gasteiger partial charge >= 0.3 is 12.2 Å². The van der Waals surface area contributed by atoms with Crippen molar-refractivity contribution in [2.75, 3.05) is 0 Å². The molecule has 1 unspecified atom stereocenters. The van der Waals surface area contributed by atoms with Crippen molar-refractivity contribution in [3.63, 3.8) is 0 Å². The van der Waals surface area contributed by atoms with E-state index in [0.717, 1.165) is 10.5 Å². The molecule has 0 aliphatic carbocycles. The van der Waals surface area contributed by atoms with Crippen LogP contribution >= 0.6 is 0 Å². The van der Waals surface area contributed by atoms with E-state index in [1.54, 1.807) is 20.8 Å². The summed E-state index contributed by atoms with van der Waals surface area (Å²) in [5.41, 5.74) is 0.326. The Morgan fingerprint density at radius 2 is 2.00 bits per heavy atom. The summed E-state index contributed by atoms with van der Waals surface area (Å²) in [5, 5.41) is 0. The van der Waals surface area contributed by atoms with Crippen LogP contribution in [0.3, 0.4) is 0 Å². The van der Waals surface area contributed by atoms with Gasteiger partial charge in [0.25, 0.3) is 0 Å². The molecule has 22 heavy (non-hydrogen) atoms. The van der Waals surface area contributed by atoms with Crippen molar-refractivity contribution in [3.05, 3.63) is 48.6 Å². The van der Waals surface area contributed by atoms with Crippen molar-refractivity contribution < 1.29 is 19.1 Å². The number of carbonyl (C=O) groups excluding carboxylic acids is 2. The monoisotopic (exact) mass is 303 g/mol. The van der Waals surface area contributed by atoms with Crippen molar-refractivity contribution in [2.24, 2.45) is 0 Å². The van der Waals surface area contributed by atoms with Gasteiger partial charge in [0.05, 0.1) is 6.04 Å². The lowest BCUT2D eigenvalue weighted by molar-refractivity contribution is 0.0289. The van der Waals surface area contributed by atoms with Crippen molar-refractivity contribution in [2.45, 2.75) is 44.9 Å². The third-order valence-electron chi connectivity index (χ3n) is 3.25. The Morgan fingerprint density at radius 1 is 1.36 bits per heavy atom. The van der Waals surface area contributed by atoms with Crippen LogP contribution in [0.4, 0.5) is 9.59 Å². The van der Waals surface area contributed by atoms with E-state index in [0.29, 0.717) is 6.42 Å². The average Bonchev–Trinajstić information content (AvgIpc) is 2.74. The fourth-order valence-electron chi connectivity index (χ4n) is 2.32. The van der Waals surface area contributed by atoms with Gasteiger partial charge < -0.3 is 9.47 Å². The fraction of sp³-hybridized carbons (Fsp3) is 0.412. The van der Waals surface area contributed by atoms with Crippen LogP contribution in [0, 0.1) is 0 Å². The highest BCUT2D eigenvalue weighted by molar-refractivity contribution is 5.90. The van der Waals surface area contributed by atoms with Crippen LogP contribution in [0.5, 0.6) is 0 Å². The normalized spacial score (nSPS) is 21.4. The van der Waals surface area contributed by atoms with E-state index in [1.807, 2.05) is 30.3 Å². The van der Waals surface area contributed by atoms with Crippen molar-refractivity contribution in [1.29, 1.82) is 0 Å². The SMILES string of the molecule is C=CC1OC(=O)N(C(=O)OC(C)(C)C)[C@H]1Cc1ccccc1. The van der Waals surface area contributed by atoms with Gasteiger partial charge in [-0.1, -0.05) is 36.9 Å². The number of rotatable bonds is 3. The molecule has 1 heterocycles. The van der Waals surface area contributed by atoms with E-state index in [9.17, 15) is 9.59 Å². The molecule has 118 valence electrons. The zero-order valence-corrected chi connectivity index (χ0v) is 13.1. The number of carbonyl (C=O) groups is 2. The van der Waals surface area contributed by atoms with E-state index in [-0.39, 0.29) is 0 Å². The number of hydrogen-bond donors (Lipinski definition) is 0. The van der Waals surface area contributed by atoms with Crippen LogP contribution in [0.2, 0.25) is 0 Å². The second-order valence-corrected chi connectivity index (χ2v) is 6.19. The number of imide groups is 1. The number of hydrogen-bond acceptors (Lipinski definition) is 4. The Morgan fingerprint density at radius 3 is 2.55 bits per heavy atom. The van der Waals surface area contributed by atoms with E-state index in [2.05, 4.69) is 6.58 Å². The lowest BCUT2D eigenvalue weighted by Crippen LogP contribution is -2.44. The Hall–Kier alpha value is -2.30. The molecular weight excluding hydrogens is 282 g/mol. The maximum atomic E-state index is 12.3. The minimum Gasteiger partial charge on any atom is -0.443 e. The van der Waals surface area contributed by atoms with Crippen molar-refractivity contribution >= 4 is 12.2 Å². The number of benzene rings is 1. The van der Waals surface area contributed by atoms with E-state index >= 15 is 0 Å². The number of ether oxygens (including phenoxy) is 2. The molecule has 5 heteroatoms. The van der Waals surface area contributed by atoms with Gasteiger partial charge in [-0.25, -0.2) is 14.5 Å². The summed E-state index contributed by atoms with van der Waals surface area (Å²) in [6.45, 7) is 8.94. The lowest BCUT2D eigenvalue weighted by Gasteiger charge is -2.26. The van der Waals surface area contributed by atoms with Gasteiger partial charge in [-0.15, -0.1) is 0 Å². The van der Waals surface area contributed by atoms with Crippen LogP contribution in [0.1, 0.15) is 26.3 Å². The van der Waals surface area contributed by atoms with Gasteiger partial charge in [-0.05, 0) is 38.8 Å². The molecule has 1 aliphatic rings. The first-order valence-electron chi connectivity index (χ1n) is 7.21. The predicted octanol–water partition coefficient (Wildman–Crippen LogP) is 3.54. The molecule has 0 bridgehead atoms. The lowest BCUT2D eigenvalue weighted by atomic mass is 10.0. The summed E-state index contributed by atoms with van der Waals surface area (Å²) in [6.07, 6.45) is 0.0985. The first-order valence-corrected chi connectivity index (χ1v) is 7.21. The number of amides is 2. The minimum absolute atomic E-state index is 0.456. The second-order valence-electron chi connectivity index (χ2n) is 6.19. The third kappa shape index (κ3) is 3.67. The second kappa shape index (κ2) is 6.22. The Bertz CT molecular complexity index is 562. The molecule has 1 saturated heterocycles. The van der Waals surface area contributed by atoms with Gasteiger partial charge in [0.1, 0.15) is 11.7 Å². The van der Waals surface area contributed by atoms with Gasteiger partial charge in [0.2, 0.25) is 0 Å². The van der Waals surface area contributed by atoms with E-state index in [4.69, 9.17) is 9.47 Å². The van der Waals surface area contributed by atoms with Crippen LogP contribution in [-0.2, 0) is 15.9 Å². The summed E-state index contributed by atoms with van der Waals surface area (Å²) >= 11 is 0. The highest BCUT2D eigenvalue weighted by Crippen LogP contribution is 2.26. The molecule has 2 rings (SSSR count). The number of cyclic esters (lactones) is 1. The zero-order chi connectivity index (χ0) is 16.3. The molecule has 0 N–H and O–H groups in total. The quantitative estimate of drug-likeness (QED) is 0.801. The highest BCUT2D eigenvalue weighted by atomic mass is 16.6. The summed E-state index contributed by atoms with van der Waals surface area (Å²) in [4.78, 5) is 25.4. The van der Waals surface area contributed by atoms with Gasteiger partial charge in [0.15, 0.2) is 0 Å². The highest BCUT2D eigenvalue weighted by Gasteiger charge is 2.45. The van der Waals surface area contributed by atoms with Crippen LogP contribution < -0.4 is 0 Å². The standard InChI is InChI=1S/C17H21NO4/c1-5-14-13(11-12-9-7-6-8-10-12)18(15(19)21-14)16(20)22-17(2,3)4/h5-10,13-14H,1,11H2,2-4H3/t13-,14?/m0/s1. The molecule has 1 aliphatic heterocycles. The third-order valence-corrected chi connectivity index (χ3v) is 3.25. The molecule has 0 spiro atoms. The predicted molar refractivity (Wildman–Crippen MR) is 82.5 cm³/mol. The molecule has 2 atom stereocenters. The zero-order valence-electron chi connectivity index (χ0n) is 13.1. The van der Waals surface area contributed by atoms with Crippen molar-refractivity contribution in [1.82, 2.24) is 4.90 Å². The van der Waals surface area contributed by atoms with E-state index < -0.39 is 29.9 Å². The Kier molecular flexibility index (Phi) is 4.54. The molecule has 0 aromatic heterocycles. The maximum absolute atomic E-state index is 12.3. The van der Waals surface area contributed by atoms with Crippen LogP contribution in [0.15, 0.2) is 43.0 Å². The van der Waals surface area contributed by atoms with Crippen LogP contribution in [0.25, 0.3) is 0 Å². The smallest absolute Gasteiger partial charge is 0.420 e. The Balaban J connectivity index is 2.23. The molecule has 0 radical (unpaired) electrons. The van der Waals surface area contributed by atoms with Gasteiger partial charge in [-0.3, -0.25) is 0 Å².